The minimum atomic E-state index is -4.20. The summed E-state index contributed by atoms with van der Waals surface area (Å²) in [4.78, 5) is 13.7. The van der Waals surface area contributed by atoms with Crippen molar-refractivity contribution in [3.05, 3.63) is 162 Å². The molecule has 230 valence electrons. The molecular formula is C45H35N3. The Hall–Kier alpha value is -5.67. The van der Waals surface area contributed by atoms with E-state index in [9.17, 15) is 12.3 Å². The normalized spacial score (nSPS) is 27.1. The lowest BCUT2D eigenvalue weighted by Crippen LogP contribution is -2.28. The van der Waals surface area contributed by atoms with Crippen LogP contribution in [0.25, 0.3) is 67.5 Å². The van der Waals surface area contributed by atoms with Crippen molar-refractivity contribution in [1.29, 1.82) is 0 Å². The van der Waals surface area contributed by atoms with Crippen molar-refractivity contribution in [2.75, 3.05) is 0 Å². The highest BCUT2D eigenvalue weighted by Gasteiger charge is 2.43. The Morgan fingerprint density at radius 3 is 1.56 bits per heavy atom. The lowest BCUT2D eigenvalue weighted by molar-refractivity contribution is 0.353. The van der Waals surface area contributed by atoms with Gasteiger partial charge in [0.1, 0.15) is 0 Å². The summed E-state index contributed by atoms with van der Waals surface area (Å²) in [7, 11) is 0. The maximum absolute atomic E-state index is 9.85. The van der Waals surface area contributed by atoms with Gasteiger partial charge in [0.2, 0.25) is 0 Å². The van der Waals surface area contributed by atoms with Crippen LogP contribution in [0.15, 0.2) is 151 Å². The summed E-state index contributed by atoms with van der Waals surface area (Å²) in [5.74, 6) is -0.278. The molecule has 0 bridgehead atoms. The van der Waals surface area contributed by atoms with Crippen molar-refractivity contribution in [3.63, 3.8) is 0 Å². The van der Waals surface area contributed by atoms with Crippen LogP contribution in [0.2, 0.25) is 0 Å². The fraction of sp³-hybridized carbons (Fsp3) is 0.133. The van der Waals surface area contributed by atoms with E-state index in [1.165, 1.54) is 0 Å². The summed E-state index contributed by atoms with van der Waals surface area (Å²) in [5, 5.41) is 0. The Labute approximate surface area is 317 Å². The number of hydrogen-bond acceptors (Lipinski definition) is 3. The van der Waals surface area contributed by atoms with Gasteiger partial charge in [-0.2, -0.15) is 0 Å². The lowest BCUT2D eigenvalue weighted by atomic mass is 9.67. The third kappa shape index (κ3) is 4.94. The highest BCUT2D eigenvalue weighted by molar-refractivity contribution is 5.85. The Bertz CT molecular complexity index is 3480. The lowest BCUT2D eigenvalue weighted by Gasteiger charge is -2.36. The quantitative estimate of drug-likeness (QED) is 0.187. The SMILES string of the molecule is [2H]c1c([2H])c(-c2nc(-c3ccccc3)nc(-c3ccccc3)n2)c([2H])c(-c2c([2H])c([2H])c([2H])c(-c3c([2H])c([2H])c4c(c3[2H])C3(c5c([2H])c([2H])c([2H])c([2H])c5-4)C([2H])([2H])C([2H])([2H])C([2H])([2H])C([2H])([2H])C3([2H])[2H])c2[2H])c1[2H]. The van der Waals surface area contributed by atoms with Gasteiger partial charge in [-0.15, -0.1) is 0 Å². The van der Waals surface area contributed by atoms with Crippen molar-refractivity contribution in [2.45, 2.75) is 37.3 Å². The van der Waals surface area contributed by atoms with Crippen LogP contribution in [-0.2, 0) is 5.41 Å². The zero-order valence-electron chi connectivity index (χ0n) is 49.6. The monoisotopic (exact) mass is 642 g/mol. The van der Waals surface area contributed by atoms with E-state index in [-0.39, 0.29) is 17.5 Å². The van der Waals surface area contributed by atoms with Crippen molar-refractivity contribution in [2.24, 2.45) is 0 Å². The Balaban J connectivity index is 1.41. The molecule has 3 heteroatoms. The number of fused-ring (bicyclic) bond motifs is 5. The average molecular weight is 643 g/mol. The fourth-order valence-corrected chi connectivity index (χ4v) is 5.56. The molecule has 1 aromatic heterocycles. The molecule has 0 saturated heterocycles. The van der Waals surface area contributed by atoms with Crippen molar-refractivity contribution < 1.29 is 34.3 Å². The topological polar surface area (TPSA) is 38.7 Å². The predicted molar refractivity (Wildman–Crippen MR) is 196 cm³/mol. The smallest absolute Gasteiger partial charge is 0.164 e. The second kappa shape index (κ2) is 11.8. The molecule has 9 rings (SSSR count). The van der Waals surface area contributed by atoms with Gasteiger partial charge < -0.3 is 0 Å². The van der Waals surface area contributed by atoms with E-state index in [0.717, 1.165) is 0 Å². The highest BCUT2D eigenvalue weighted by atomic mass is 15.0. The molecule has 48 heavy (non-hydrogen) atoms. The Kier molecular flexibility index (Phi) is 3.14. The molecule has 6 aromatic carbocycles. The van der Waals surface area contributed by atoms with Gasteiger partial charge in [0, 0.05) is 35.8 Å². The minimum Gasteiger partial charge on any atom is -0.208 e. The molecule has 7 aromatic rings. The summed E-state index contributed by atoms with van der Waals surface area (Å²) in [6, 6.07) is 0.632. The number of rotatable bonds is 5. The van der Waals surface area contributed by atoms with Crippen molar-refractivity contribution >= 4 is 0 Å². The summed E-state index contributed by atoms with van der Waals surface area (Å²) in [5.41, 5.74) is -11.7. The van der Waals surface area contributed by atoms with Gasteiger partial charge in [-0.1, -0.05) is 152 Å². The van der Waals surface area contributed by atoms with Gasteiger partial charge in [-0.3, -0.25) is 0 Å². The van der Waals surface area contributed by atoms with Crippen LogP contribution in [0, 0.1) is 0 Å². The first-order valence-electron chi connectivity index (χ1n) is 27.2. The van der Waals surface area contributed by atoms with E-state index in [4.69, 9.17) is 21.9 Å². The molecule has 0 atom stereocenters. The largest absolute Gasteiger partial charge is 0.208 e. The van der Waals surface area contributed by atoms with Crippen LogP contribution in [0.4, 0.5) is 0 Å². The fourth-order valence-electron chi connectivity index (χ4n) is 5.56. The second-order valence-corrected chi connectivity index (χ2v) is 10.7. The van der Waals surface area contributed by atoms with Gasteiger partial charge in [-0.05, 0) is 75.4 Å². The zero-order chi connectivity index (χ0) is 53.9. The van der Waals surface area contributed by atoms with Crippen LogP contribution in [-0.4, -0.2) is 15.0 Å². The van der Waals surface area contributed by atoms with E-state index in [0.29, 0.717) is 11.1 Å². The molecule has 1 fully saturated rings. The number of benzene rings is 6. The molecule has 0 N–H and O–H groups in total. The highest BCUT2D eigenvalue weighted by Crippen LogP contribution is 2.56. The first-order valence-corrected chi connectivity index (χ1v) is 14.7. The van der Waals surface area contributed by atoms with E-state index in [1.807, 2.05) is 0 Å². The third-order valence-corrected chi connectivity index (χ3v) is 7.80. The zero-order valence-corrected chi connectivity index (χ0v) is 24.6. The molecular weight excluding hydrogens is 583 g/mol. The molecule has 3 nitrogen and oxygen atoms in total. The summed E-state index contributed by atoms with van der Waals surface area (Å²) >= 11 is 0. The van der Waals surface area contributed by atoms with Gasteiger partial charge in [0.25, 0.3) is 0 Å². The Morgan fingerprint density at radius 1 is 0.438 bits per heavy atom. The maximum atomic E-state index is 9.85. The maximum Gasteiger partial charge on any atom is 0.164 e. The average Bonchev–Trinajstić information content (AvgIpc) is 3.70. The number of aromatic nitrogens is 3. The van der Waals surface area contributed by atoms with Crippen LogP contribution in [0.3, 0.4) is 0 Å². The minimum absolute atomic E-state index is 0.0496. The van der Waals surface area contributed by atoms with Crippen LogP contribution < -0.4 is 0 Å². The van der Waals surface area contributed by atoms with E-state index < -0.39 is 178 Å². The first-order chi connectivity index (χ1) is 33.8. The van der Waals surface area contributed by atoms with Gasteiger partial charge in [-0.25, -0.2) is 15.0 Å². The predicted octanol–water partition coefficient (Wildman–Crippen LogP) is 11.4. The number of hydrogen-bond donors (Lipinski definition) is 0. The van der Waals surface area contributed by atoms with E-state index in [1.54, 1.807) is 60.7 Å². The molecule has 0 aliphatic heterocycles. The third-order valence-electron chi connectivity index (χ3n) is 7.80. The van der Waals surface area contributed by atoms with Gasteiger partial charge >= 0.3 is 0 Å². The summed E-state index contributed by atoms with van der Waals surface area (Å²) in [6.07, 6.45) is -20.8. The van der Waals surface area contributed by atoms with Crippen molar-refractivity contribution in [1.82, 2.24) is 15.0 Å². The summed E-state index contributed by atoms with van der Waals surface area (Å²) < 4.78 is 228. The Morgan fingerprint density at radius 2 is 0.938 bits per heavy atom. The van der Waals surface area contributed by atoms with Gasteiger partial charge in [0.15, 0.2) is 17.5 Å². The molecule has 1 saturated carbocycles. The molecule has 0 unspecified atom stereocenters. The standard InChI is InChI=1S/C45H35N3/c1-4-14-31(15-5-1)42-46-43(32-16-6-2-7-17-32)48-44(47-42)37-21-13-20-35(29-37)33-18-12-19-34(28-33)36-24-25-39-38-22-8-9-23-40(38)45(41(39)30-36)26-10-3-11-27-45/h1-2,4-9,12-25,28-30H,3,10-11,26-27H2/i3D2,8D,9D,10D2,11D2,12D,13D,18D,19D,20D,21D,22D,23D,24D,25D,26D2,27D2,28D,29D,30D. The second-order valence-electron chi connectivity index (χ2n) is 10.7. The molecule has 2 aliphatic carbocycles. The van der Waals surface area contributed by atoms with E-state index in [2.05, 4.69) is 15.0 Å². The molecule has 1 heterocycles. The molecule has 2 aliphatic rings. The molecule has 1 spiro atoms. The number of nitrogens with zero attached hydrogens (tertiary/aromatic N) is 3. The summed E-state index contributed by atoms with van der Waals surface area (Å²) in [6.45, 7) is 0. The van der Waals surface area contributed by atoms with Crippen molar-refractivity contribution in [3.8, 4) is 67.5 Å². The van der Waals surface area contributed by atoms with Crippen LogP contribution in [0.1, 0.15) is 77.3 Å². The van der Waals surface area contributed by atoms with Gasteiger partial charge in [0.05, 0.1) is 20.6 Å². The van der Waals surface area contributed by atoms with Crippen LogP contribution >= 0.6 is 0 Å². The first kappa shape index (κ1) is 12.7. The molecule has 0 radical (unpaired) electrons. The van der Waals surface area contributed by atoms with Crippen LogP contribution in [0.5, 0.6) is 0 Å². The van der Waals surface area contributed by atoms with E-state index >= 15 is 0 Å². The molecule has 0 amide bonds.